The molecule has 1 atom stereocenters. The van der Waals surface area contributed by atoms with Crippen molar-refractivity contribution in [1.82, 2.24) is 4.98 Å². The van der Waals surface area contributed by atoms with Gasteiger partial charge in [-0.05, 0) is 43.7 Å². The van der Waals surface area contributed by atoms with Crippen molar-refractivity contribution in [2.45, 2.75) is 51.4 Å². The van der Waals surface area contributed by atoms with Gasteiger partial charge in [-0.1, -0.05) is 31.6 Å². The average molecular weight is 248 g/mol. The van der Waals surface area contributed by atoms with Gasteiger partial charge >= 0.3 is 0 Å². The second-order valence-corrected chi connectivity index (χ2v) is 5.27. The number of hydrogen-bond acceptors (Lipinski definition) is 2. The van der Waals surface area contributed by atoms with E-state index < -0.39 is 0 Å². The van der Waals surface area contributed by atoms with Crippen molar-refractivity contribution < 1.29 is 0 Å². The Morgan fingerprint density at radius 2 is 2.35 bits per heavy atom. The molecule has 0 aromatic carbocycles. The summed E-state index contributed by atoms with van der Waals surface area (Å²) in [5, 5.41) is 0. The summed E-state index contributed by atoms with van der Waals surface area (Å²) < 4.78 is 0. The zero-order valence-corrected chi connectivity index (χ0v) is 11.2. The van der Waals surface area contributed by atoms with Crippen LogP contribution in [-0.4, -0.2) is 9.97 Å². The summed E-state index contributed by atoms with van der Waals surface area (Å²) in [4.78, 5) is 5.39. The summed E-state index contributed by atoms with van der Waals surface area (Å²) in [5.41, 5.74) is 9.50. The van der Waals surface area contributed by atoms with Gasteiger partial charge < -0.3 is 5.73 Å². The minimum absolute atomic E-state index is 0.204. The Kier molecular flexibility index (Phi) is 4.11. The molecule has 0 unspecified atom stereocenters. The molecule has 0 radical (unpaired) electrons. The summed E-state index contributed by atoms with van der Waals surface area (Å²) in [5.74, 6) is 0.204. The molecule has 0 fully saturated rings. The molecule has 1 aromatic heterocycles. The Hall–Kier alpha value is -0.960. The maximum atomic E-state index is 5.82. The third kappa shape index (κ3) is 2.83. The Bertz CT molecular complexity index is 415. The van der Waals surface area contributed by atoms with Crippen molar-refractivity contribution in [2.75, 3.05) is 0 Å². The topological polar surface area (TPSA) is 38.9 Å². The molecule has 3 heteroatoms. The van der Waals surface area contributed by atoms with E-state index in [-0.39, 0.29) is 5.92 Å². The van der Waals surface area contributed by atoms with Gasteiger partial charge in [0.25, 0.3) is 0 Å². The van der Waals surface area contributed by atoms with E-state index >= 15 is 0 Å². The predicted octanol–water partition coefficient (Wildman–Crippen LogP) is 3.13. The van der Waals surface area contributed by atoms with Crippen molar-refractivity contribution in [2.24, 2.45) is 5.73 Å². The van der Waals surface area contributed by atoms with Crippen LogP contribution >= 0.6 is 12.2 Å². The molecular weight excluding hydrogens is 228 g/mol. The molecule has 0 amide bonds. The monoisotopic (exact) mass is 248 g/mol. The lowest BCUT2D eigenvalue weighted by molar-refractivity contribution is 0.627. The van der Waals surface area contributed by atoms with Gasteiger partial charge in [-0.3, -0.25) is 4.98 Å². The van der Waals surface area contributed by atoms with Gasteiger partial charge in [0.05, 0.1) is 16.6 Å². The quantitative estimate of drug-likeness (QED) is 0.832. The van der Waals surface area contributed by atoms with Gasteiger partial charge in [-0.2, -0.15) is 0 Å². The molecule has 1 aliphatic carbocycles. The van der Waals surface area contributed by atoms with Gasteiger partial charge in [0, 0.05) is 5.69 Å². The highest BCUT2D eigenvalue weighted by atomic mass is 32.1. The van der Waals surface area contributed by atoms with Crippen LogP contribution in [0.1, 0.15) is 55.5 Å². The van der Waals surface area contributed by atoms with Crippen LogP contribution in [0.4, 0.5) is 0 Å². The molecule has 17 heavy (non-hydrogen) atoms. The number of aryl methyl sites for hydroxylation is 2. The Balaban J connectivity index is 2.27. The Morgan fingerprint density at radius 3 is 3.06 bits per heavy atom. The molecule has 0 saturated heterocycles. The van der Waals surface area contributed by atoms with Crippen LogP contribution in [-0.2, 0) is 12.8 Å². The smallest absolute Gasteiger partial charge is 0.0819 e. The molecule has 0 bridgehead atoms. The third-order valence-corrected chi connectivity index (χ3v) is 3.75. The summed E-state index contributed by atoms with van der Waals surface area (Å²) >= 11 is 5.16. The standard InChI is InChI=1S/C14H20N2S/c1-2-3-6-11-9-8-10-5-4-7-12(14(15)17)13(10)16-11/h8-9,12H,2-7H2,1H3,(H2,15,17)/t12-/m0/s1. The van der Waals surface area contributed by atoms with Crippen molar-refractivity contribution in [1.29, 1.82) is 0 Å². The molecule has 2 N–H and O–H groups in total. The lowest BCUT2D eigenvalue weighted by Crippen LogP contribution is -2.25. The summed E-state index contributed by atoms with van der Waals surface area (Å²) in [6.45, 7) is 2.20. The van der Waals surface area contributed by atoms with Crippen molar-refractivity contribution >= 4 is 17.2 Å². The highest BCUT2D eigenvalue weighted by molar-refractivity contribution is 7.80. The lowest BCUT2D eigenvalue weighted by Gasteiger charge is -2.24. The fraction of sp³-hybridized carbons (Fsp3) is 0.571. The van der Waals surface area contributed by atoms with E-state index in [1.807, 2.05) is 0 Å². The summed E-state index contributed by atoms with van der Waals surface area (Å²) in [6, 6.07) is 4.38. The third-order valence-electron chi connectivity index (χ3n) is 3.47. The van der Waals surface area contributed by atoms with E-state index in [2.05, 4.69) is 19.1 Å². The number of thiocarbonyl (C=S) groups is 1. The number of rotatable bonds is 4. The largest absolute Gasteiger partial charge is 0.393 e. The second kappa shape index (κ2) is 5.58. The van der Waals surface area contributed by atoms with E-state index in [9.17, 15) is 0 Å². The zero-order chi connectivity index (χ0) is 12.3. The molecule has 2 nitrogen and oxygen atoms in total. The van der Waals surface area contributed by atoms with E-state index in [0.717, 1.165) is 25.0 Å². The predicted molar refractivity (Wildman–Crippen MR) is 75.3 cm³/mol. The van der Waals surface area contributed by atoms with Gasteiger partial charge in [0.1, 0.15) is 0 Å². The Labute approximate surface area is 109 Å². The van der Waals surface area contributed by atoms with Crippen LogP contribution in [0.3, 0.4) is 0 Å². The van der Waals surface area contributed by atoms with Gasteiger partial charge in [0.15, 0.2) is 0 Å². The van der Waals surface area contributed by atoms with Crippen LogP contribution in [0.5, 0.6) is 0 Å². The van der Waals surface area contributed by atoms with Crippen molar-refractivity contribution in [3.05, 3.63) is 29.1 Å². The SMILES string of the molecule is CCCCc1ccc2c(n1)[C@@H](C(N)=S)CCC2. The first-order valence-corrected chi connectivity index (χ1v) is 6.91. The van der Waals surface area contributed by atoms with E-state index in [1.165, 1.54) is 30.5 Å². The number of aromatic nitrogens is 1. The number of nitrogens with two attached hydrogens (primary N) is 1. The normalized spacial score (nSPS) is 18.8. The minimum atomic E-state index is 0.204. The molecule has 0 saturated carbocycles. The number of fused-ring (bicyclic) bond motifs is 1. The van der Waals surface area contributed by atoms with Crippen LogP contribution in [0.15, 0.2) is 12.1 Å². The highest BCUT2D eigenvalue weighted by Gasteiger charge is 2.23. The van der Waals surface area contributed by atoms with E-state index in [4.69, 9.17) is 22.9 Å². The van der Waals surface area contributed by atoms with Crippen LogP contribution in [0.25, 0.3) is 0 Å². The van der Waals surface area contributed by atoms with E-state index in [1.54, 1.807) is 0 Å². The van der Waals surface area contributed by atoms with E-state index in [0.29, 0.717) is 4.99 Å². The lowest BCUT2D eigenvalue weighted by atomic mass is 9.86. The molecule has 2 rings (SSSR count). The molecular formula is C14H20N2S. The molecule has 1 aliphatic rings. The first-order chi connectivity index (χ1) is 8.22. The fourth-order valence-electron chi connectivity index (χ4n) is 2.47. The molecule has 0 aliphatic heterocycles. The Morgan fingerprint density at radius 1 is 1.53 bits per heavy atom. The number of unbranched alkanes of at least 4 members (excludes halogenated alkanes) is 1. The van der Waals surface area contributed by atoms with Crippen molar-refractivity contribution in [3.8, 4) is 0 Å². The second-order valence-electron chi connectivity index (χ2n) is 4.80. The molecule has 1 heterocycles. The minimum Gasteiger partial charge on any atom is -0.393 e. The van der Waals surface area contributed by atoms with Gasteiger partial charge in [-0.25, -0.2) is 0 Å². The average Bonchev–Trinajstić information content (AvgIpc) is 2.35. The maximum absolute atomic E-state index is 5.82. The number of nitrogens with zero attached hydrogens (tertiary/aromatic N) is 1. The number of pyridine rings is 1. The van der Waals surface area contributed by atoms with Crippen molar-refractivity contribution in [3.63, 3.8) is 0 Å². The molecule has 1 aromatic rings. The van der Waals surface area contributed by atoms with Crippen LogP contribution in [0, 0.1) is 0 Å². The maximum Gasteiger partial charge on any atom is 0.0819 e. The van der Waals surface area contributed by atoms with Gasteiger partial charge in [-0.15, -0.1) is 0 Å². The summed E-state index contributed by atoms with van der Waals surface area (Å²) in [6.07, 6.45) is 6.82. The highest BCUT2D eigenvalue weighted by Crippen LogP contribution is 2.30. The first kappa shape index (κ1) is 12.5. The number of hydrogen-bond donors (Lipinski definition) is 1. The van der Waals surface area contributed by atoms with Gasteiger partial charge in [0.2, 0.25) is 0 Å². The van der Waals surface area contributed by atoms with Crippen LogP contribution in [0.2, 0.25) is 0 Å². The van der Waals surface area contributed by atoms with Crippen LogP contribution < -0.4 is 5.73 Å². The zero-order valence-electron chi connectivity index (χ0n) is 10.4. The summed E-state index contributed by atoms with van der Waals surface area (Å²) in [7, 11) is 0. The fourth-order valence-corrected chi connectivity index (χ4v) is 2.70. The molecule has 0 spiro atoms. The first-order valence-electron chi connectivity index (χ1n) is 6.50. The molecule has 92 valence electrons.